The van der Waals surface area contributed by atoms with E-state index in [2.05, 4.69) is 80.1 Å². The fourth-order valence-electron chi connectivity index (χ4n) is 2.31. The molecule has 0 fully saturated rings. The number of rotatable bonds is 6. The van der Waals surface area contributed by atoms with Crippen LogP contribution in [0.5, 0.6) is 0 Å². The van der Waals surface area contributed by atoms with E-state index < -0.39 is 0 Å². The zero-order valence-electron chi connectivity index (χ0n) is 11.8. The van der Waals surface area contributed by atoms with E-state index in [-0.39, 0.29) is 5.41 Å². The number of alkyl halides is 2. The molecular weight excluding hydrogens is 382 g/mol. The maximum atomic E-state index is 4.45. The molecule has 0 unspecified atom stereocenters. The molecule has 20 heavy (non-hydrogen) atoms. The summed E-state index contributed by atoms with van der Waals surface area (Å²) in [5.41, 5.74) is 1.30. The highest BCUT2D eigenvalue weighted by Gasteiger charge is 2.32. The van der Waals surface area contributed by atoms with E-state index in [1.165, 1.54) is 5.56 Å². The molecule has 1 aromatic heterocycles. The van der Waals surface area contributed by atoms with Gasteiger partial charge in [0.15, 0.2) is 0 Å². The lowest BCUT2D eigenvalue weighted by Gasteiger charge is -2.30. The monoisotopic (exact) mass is 399 g/mol. The minimum Gasteiger partial charge on any atom is -0.248 e. The average molecular weight is 401 g/mol. The number of aromatic nitrogens is 3. The van der Waals surface area contributed by atoms with Crippen LogP contribution >= 0.6 is 31.9 Å². The molecule has 0 atom stereocenters. The van der Waals surface area contributed by atoms with Crippen LogP contribution in [-0.2, 0) is 11.8 Å². The Labute approximate surface area is 137 Å². The van der Waals surface area contributed by atoms with Crippen LogP contribution in [0.25, 0.3) is 0 Å². The first-order chi connectivity index (χ1) is 9.63. The van der Waals surface area contributed by atoms with Crippen molar-refractivity contribution in [2.24, 2.45) is 0 Å². The molecule has 0 amide bonds. The molecule has 0 aliphatic heterocycles. The van der Waals surface area contributed by atoms with Gasteiger partial charge in [-0.1, -0.05) is 62.2 Å². The summed E-state index contributed by atoms with van der Waals surface area (Å²) >= 11 is 7.38. The molecule has 1 aromatic carbocycles. The Bertz CT molecular complexity index is 533. The summed E-state index contributed by atoms with van der Waals surface area (Å²) in [7, 11) is 0. The summed E-state index contributed by atoms with van der Waals surface area (Å²) in [6.07, 6.45) is 2.50. The van der Waals surface area contributed by atoms with Crippen molar-refractivity contribution in [1.29, 1.82) is 0 Å². The number of hydrogen-bond donors (Lipinski definition) is 0. The highest BCUT2D eigenvalue weighted by molar-refractivity contribution is 9.09. The summed E-state index contributed by atoms with van der Waals surface area (Å²) in [6.45, 7) is 4.26. The molecule has 3 nitrogen and oxygen atoms in total. The van der Waals surface area contributed by atoms with Crippen LogP contribution in [-0.4, -0.2) is 25.4 Å². The van der Waals surface area contributed by atoms with Gasteiger partial charge in [-0.2, -0.15) is 5.10 Å². The predicted octanol–water partition coefficient (Wildman–Crippen LogP) is 4.13. The van der Waals surface area contributed by atoms with Crippen LogP contribution in [0.1, 0.15) is 31.3 Å². The van der Waals surface area contributed by atoms with Gasteiger partial charge in [0.2, 0.25) is 0 Å². The predicted molar refractivity (Wildman–Crippen MR) is 89.8 cm³/mol. The van der Waals surface area contributed by atoms with Gasteiger partial charge < -0.3 is 0 Å². The Kier molecular flexibility index (Phi) is 5.38. The first kappa shape index (κ1) is 15.7. The molecule has 5 heteroatoms. The number of halogens is 2. The van der Waals surface area contributed by atoms with Crippen molar-refractivity contribution in [3.05, 3.63) is 48.0 Å². The van der Waals surface area contributed by atoms with Crippen molar-refractivity contribution in [2.75, 3.05) is 10.7 Å². The van der Waals surface area contributed by atoms with Gasteiger partial charge in [0.05, 0.1) is 0 Å². The molecule has 2 rings (SSSR count). The zero-order chi connectivity index (χ0) is 14.6. The topological polar surface area (TPSA) is 30.7 Å². The fraction of sp³-hybridized carbons (Fsp3) is 0.467. The van der Waals surface area contributed by atoms with Crippen LogP contribution in [0, 0.1) is 0 Å². The molecule has 0 aliphatic carbocycles. The third kappa shape index (κ3) is 3.14. The van der Waals surface area contributed by atoms with Crippen molar-refractivity contribution in [3.63, 3.8) is 0 Å². The van der Waals surface area contributed by atoms with E-state index in [1.54, 1.807) is 6.33 Å². The second kappa shape index (κ2) is 6.85. The van der Waals surface area contributed by atoms with Gasteiger partial charge >= 0.3 is 0 Å². The molecule has 0 bridgehead atoms. The fourth-order valence-corrected chi connectivity index (χ4v) is 4.29. The second-order valence-electron chi connectivity index (χ2n) is 5.30. The Morgan fingerprint density at radius 1 is 1.15 bits per heavy atom. The van der Waals surface area contributed by atoms with E-state index >= 15 is 0 Å². The highest BCUT2D eigenvalue weighted by atomic mass is 79.9. The Balaban J connectivity index is 2.37. The largest absolute Gasteiger partial charge is 0.248 e. The van der Waals surface area contributed by atoms with Crippen molar-refractivity contribution in [2.45, 2.75) is 31.7 Å². The normalized spacial score (nSPS) is 12.1. The molecule has 0 radical (unpaired) electrons. The molecule has 0 saturated carbocycles. The standard InChI is InChI=1S/C15H19Br2N3/c1-12(2)20-14(18-11-19-20)8-15(9-16,10-17)13-6-4-3-5-7-13/h3-7,11-12H,8-10H2,1-2H3. The van der Waals surface area contributed by atoms with Crippen LogP contribution in [0.15, 0.2) is 36.7 Å². The summed E-state index contributed by atoms with van der Waals surface area (Å²) in [6, 6.07) is 10.9. The van der Waals surface area contributed by atoms with Crippen LogP contribution < -0.4 is 0 Å². The van der Waals surface area contributed by atoms with Gasteiger partial charge in [-0.25, -0.2) is 9.67 Å². The molecule has 108 valence electrons. The van der Waals surface area contributed by atoms with Crippen molar-refractivity contribution in [1.82, 2.24) is 14.8 Å². The van der Waals surface area contributed by atoms with Gasteiger partial charge in [0.25, 0.3) is 0 Å². The molecule has 0 spiro atoms. The van der Waals surface area contributed by atoms with Gasteiger partial charge in [-0.15, -0.1) is 0 Å². The summed E-state index contributed by atoms with van der Waals surface area (Å²) in [5.74, 6) is 1.03. The van der Waals surface area contributed by atoms with E-state index in [0.717, 1.165) is 22.9 Å². The molecule has 0 saturated heterocycles. The third-order valence-electron chi connectivity index (χ3n) is 3.53. The van der Waals surface area contributed by atoms with Crippen molar-refractivity contribution < 1.29 is 0 Å². The lowest BCUT2D eigenvalue weighted by molar-refractivity contribution is 0.460. The van der Waals surface area contributed by atoms with Crippen molar-refractivity contribution in [3.8, 4) is 0 Å². The van der Waals surface area contributed by atoms with Crippen LogP contribution in [0.2, 0.25) is 0 Å². The first-order valence-electron chi connectivity index (χ1n) is 6.69. The summed E-state index contributed by atoms with van der Waals surface area (Å²) < 4.78 is 2.00. The number of benzene rings is 1. The minimum atomic E-state index is -0.0130. The van der Waals surface area contributed by atoms with Gasteiger partial charge in [0, 0.05) is 28.5 Å². The average Bonchev–Trinajstić information content (AvgIpc) is 2.94. The highest BCUT2D eigenvalue weighted by Crippen LogP contribution is 2.32. The number of hydrogen-bond acceptors (Lipinski definition) is 2. The summed E-state index contributed by atoms with van der Waals surface area (Å²) in [4.78, 5) is 4.45. The lowest BCUT2D eigenvalue weighted by atomic mass is 9.81. The smallest absolute Gasteiger partial charge is 0.138 e. The maximum absolute atomic E-state index is 4.45. The molecule has 0 aliphatic rings. The van der Waals surface area contributed by atoms with Gasteiger partial charge in [0.1, 0.15) is 12.2 Å². The summed E-state index contributed by atoms with van der Waals surface area (Å²) in [5, 5.41) is 6.09. The first-order valence-corrected chi connectivity index (χ1v) is 8.93. The maximum Gasteiger partial charge on any atom is 0.138 e. The SMILES string of the molecule is CC(C)n1ncnc1CC(CBr)(CBr)c1ccccc1. The Morgan fingerprint density at radius 3 is 2.35 bits per heavy atom. The second-order valence-corrected chi connectivity index (χ2v) is 6.43. The number of nitrogens with zero attached hydrogens (tertiary/aromatic N) is 3. The van der Waals surface area contributed by atoms with Gasteiger partial charge in [-0.05, 0) is 19.4 Å². The lowest BCUT2D eigenvalue weighted by Crippen LogP contribution is -2.34. The molecule has 0 N–H and O–H groups in total. The van der Waals surface area contributed by atoms with E-state index in [4.69, 9.17) is 0 Å². The Morgan fingerprint density at radius 2 is 1.80 bits per heavy atom. The van der Waals surface area contributed by atoms with E-state index in [9.17, 15) is 0 Å². The van der Waals surface area contributed by atoms with E-state index in [1.807, 2.05) is 10.7 Å². The van der Waals surface area contributed by atoms with Gasteiger partial charge in [-0.3, -0.25) is 0 Å². The molecule has 1 heterocycles. The van der Waals surface area contributed by atoms with E-state index in [0.29, 0.717) is 6.04 Å². The zero-order valence-corrected chi connectivity index (χ0v) is 14.9. The third-order valence-corrected chi connectivity index (χ3v) is 5.68. The van der Waals surface area contributed by atoms with Crippen LogP contribution in [0.4, 0.5) is 0 Å². The quantitative estimate of drug-likeness (QED) is 0.682. The van der Waals surface area contributed by atoms with Crippen LogP contribution in [0.3, 0.4) is 0 Å². The minimum absolute atomic E-state index is 0.0130. The molecular formula is C15H19Br2N3. The Hall–Kier alpha value is -0.680. The molecule has 2 aromatic rings. The van der Waals surface area contributed by atoms with Crippen molar-refractivity contribution >= 4 is 31.9 Å².